The fourth-order valence-corrected chi connectivity index (χ4v) is 12.0. The Morgan fingerprint density at radius 2 is 1.03 bits per heavy atom. The molecule has 0 saturated carbocycles. The first-order valence-electron chi connectivity index (χ1n) is 21.4. The van der Waals surface area contributed by atoms with E-state index in [0.717, 1.165) is 22.7 Å². The summed E-state index contributed by atoms with van der Waals surface area (Å²) in [6.07, 6.45) is 9.43. The van der Waals surface area contributed by atoms with Crippen LogP contribution in [0, 0.1) is 5.92 Å². The molecule has 2 heteroatoms. The average molecular weight is 767 g/mol. The van der Waals surface area contributed by atoms with E-state index in [1.165, 1.54) is 77.4 Å². The Balaban J connectivity index is 1.09. The second-order valence-electron chi connectivity index (χ2n) is 17.6. The minimum absolute atomic E-state index is 0.0785. The van der Waals surface area contributed by atoms with Crippen molar-refractivity contribution in [3.63, 3.8) is 0 Å². The first-order valence-corrected chi connectivity index (χ1v) is 21.4. The van der Waals surface area contributed by atoms with Gasteiger partial charge in [0.2, 0.25) is 0 Å². The summed E-state index contributed by atoms with van der Waals surface area (Å²) in [4.78, 5) is 2.52. The van der Waals surface area contributed by atoms with Crippen LogP contribution in [0.1, 0.15) is 53.1 Å². The van der Waals surface area contributed by atoms with E-state index in [0.29, 0.717) is 5.92 Å². The van der Waals surface area contributed by atoms with E-state index in [1.807, 2.05) is 0 Å². The molecule has 0 aliphatic heterocycles. The Morgan fingerprint density at radius 1 is 0.433 bits per heavy atom. The van der Waals surface area contributed by atoms with E-state index < -0.39 is 0 Å². The van der Waals surface area contributed by atoms with E-state index >= 15 is 0 Å². The van der Waals surface area contributed by atoms with Crippen molar-refractivity contribution in [1.82, 2.24) is 4.57 Å². The maximum atomic E-state index is 2.54. The van der Waals surface area contributed by atoms with Gasteiger partial charge in [-0.3, -0.25) is 0 Å². The van der Waals surface area contributed by atoms with Crippen LogP contribution in [0.2, 0.25) is 0 Å². The number of nitrogens with zero attached hydrogens (tertiary/aromatic N) is 2. The van der Waals surface area contributed by atoms with Crippen LogP contribution in [0.5, 0.6) is 0 Å². The van der Waals surface area contributed by atoms with Crippen molar-refractivity contribution in [3.8, 4) is 27.9 Å². The zero-order valence-electron chi connectivity index (χ0n) is 33.7. The van der Waals surface area contributed by atoms with Crippen LogP contribution in [-0.2, 0) is 10.8 Å². The van der Waals surface area contributed by atoms with Gasteiger partial charge in [0.05, 0.1) is 16.4 Å². The van der Waals surface area contributed by atoms with Crippen molar-refractivity contribution in [1.29, 1.82) is 0 Å². The SMILES string of the molecule is CC1(C)c2ccccc2-c2cc(N(c3ccc4c(c3)C3(c5ccccc5-4)c4ccccc4C4C=CC=CC43)c3ccc4c5ccccc5n(-c5ccccc5)c4c3)ccc21. The Hall–Kier alpha value is -7.16. The molecule has 284 valence electrons. The number of hydrogen-bond donors (Lipinski definition) is 0. The van der Waals surface area contributed by atoms with Crippen LogP contribution < -0.4 is 4.90 Å². The molecule has 0 radical (unpaired) electrons. The molecule has 4 aliphatic carbocycles. The molecular weight excluding hydrogens is 725 g/mol. The number of para-hydroxylation sites is 2. The minimum atomic E-state index is -0.319. The molecule has 2 nitrogen and oxygen atoms in total. The third-order valence-corrected chi connectivity index (χ3v) is 14.5. The summed E-state index contributed by atoms with van der Waals surface area (Å²) < 4.78 is 2.43. The Morgan fingerprint density at radius 3 is 1.90 bits per heavy atom. The molecular formula is C58H42N2. The highest BCUT2D eigenvalue weighted by Gasteiger charge is 2.57. The Labute approximate surface area is 351 Å². The summed E-state index contributed by atoms with van der Waals surface area (Å²) in [6.45, 7) is 4.73. The second kappa shape index (κ2) is 12.2. The molecule has 0 bridgehead atoms. The monoisotopic (exact) mass is 766 g/mol. The van der Waals surface area contributed by atoms with Gasteiger partial charge in [-0.25, -0.2) is 0 Å². The van der Waals surface area contributed by atoms with E-state index in [4.69, 9.17) is 0 Å². The topological polar surface area (TPSA) is 8.17 Å². The van der Waals surface area contributed by atoms with Gasteiger partial charge in [0.1, 0.15) is 0 Å². The quantitative estimate of drug-likeness (QED) is 0.173. The van der Waals surface area contributed by atoms with Gasteiger partial charge in [-0.05, 0) is 110 Å². The number of allylic oxidation sites excluding steroid dienone is 4. The molecule has 1 aromatic heterocycles. The molecule has 0 amide bonds. The standard InChI is InChI=1S/C58H42N2/c1-57(2)49-23-11-6-21-44(49)48-34-38(30-33-50(48)57)59(40-29-32-47-46-22-10-15-27-55(46)60(56(47)36-40)37-16-4-3-5-17-37)39-28-31-45-43-20-9-14-26-53(43)58(54(45)35-39)51-24-12-7-18-41(51)42-19-8-13-25-52(42)58/h3-36,41,51H,1-2H3. The number of hydrogen-bond acceptors (Lipinski definition) is 1. The smallest absolute Gasteiger partial charge is 0.0561 e. The van der Waals surface area contributed by atoms with Gasteiger partial charge in [-0.15, -0.1) is 0 Å². The molecule has 4 aliphatic rings. The zero-order valence-corrected chi connectivity index (χ0v) is 33.7. The summed E-state index contributed by atoms with van der Waals surface area (Å²) in [5.74, 6) is 0.579. The van der Waals surface area contributed by atoms with E-state index in [2.05, 4.69) is 230 Å². The number of fused-ring (bicyclic) bond motifs is 16. The Kier molecular flexibility index (Phi) is 6.86. The average Bonchev–Trinajstić information content (AvgIpc) is 3.97. The number of aromatic nitrogens is 1. The van der Waals surface area contributed by atoms with Gasteiger partial charge < -0.3 is 9.47 Å². The van der Waals surface area contributed by atoms with Crippen LogP contribution in [0.4, 0.5) is 17.1 Å². The summed E-state index contributed by atoms with van der Waals surface area (Å²) in [5.41, 5.74) is 20.3. The van der Waals surface area contributed by atoms with Gasteiger partial charge in [0.25, 0.3) is 0 Å². The highest BCUT2D eigenvalue weighted by Crippen LogP contribution is 2.66. The molecule has 0 saturated heterocycles. The van der Waals surface area contributed by atoms with Crippen molar-refractivity contribution in [3.05, 3.63) is 240 Å². The molecule has 8 aromatic carbocycles. The molecule has 1 spiro atoms. The summed E-state index contributed by atoms with van der Waals surface area (Å²) in [6, 6.07) is 68.6. The van der Waals surface area contributed by atoms with Gasteiger partial charge in [-0.2, -0.15) is 0 Å². The first-order chi connectivity index (χ1) is 29.5. The van der Waals surface area contributed by atoms with Gasteiger partial charge >= 0.3 is 0 Å². The fraction of sp³-hybridized carbons (Fsp3) is 0.103. The second-order valence-corrected chi connectivity index (χ2v) is 17.6. The molecule has 3 atom stereocenters. The predicted octanol–water partition coefficient (Wildman–Crippen LogP) is 14.7. The lowest BCUT2D eigenvalue weighted by atomic mass is 9.65. The zero-order chi connectivity index (χ0) is 39.7. The van der Waals surface area contributed by atoms with Crippen LogP contribution in [0.15, 0.2) is 206 Å². The fourth-order valence-electron chi connectivity index (χ4n) is 12.0. The van der Waals surface area contributed by atoms with Crippen molar-refractivity contribution < 1.29 is 0 Å². The third-order valence-electron chi connectivity index (χ3n) is 14.5. The normalized spacial score (nSPS) is 19.6. The largest absolute Gasteiger partial charge is 0.310 e. The lowest BCUT2D eigenvalue weighted by Crippen LogP contribution is -2.33. The van der Waals surface area contributed by atoms with Crippen LogP contribution in [0.25, 0.3) is 49.7 Å². The maximum Gasteiger partial charge on any atom is 0.0561 e. The highest BCUT2D eigenvalue weighted by molar-refractivity contribution is 6.10. The lowest BCUT2D eigenvalue weighted by molar-refractivity contribution is 0.465. The number of benzene rings is 8. The molecule has 3 unspecified atom stereocenters. The minimum Gasteiger partial charge on any atom is -0.310 e. The molecule has 13 rings (SSSR count). The van der Waals surface area contributed by atoms with E-state index in [1.54, 1.807) is 0 Å². The summed E-state index contributed by atoms with van der Waals surface area (Å²) >= 11 is 0. The van der Waals surface area contributed by atoms with E-state index in [-0.39, 0.29) is 16.7 Å². The van der Waals surface area contributed by atoms with Crippen molar-refractivity contribution in [2.24, 2.45) is 5.92 Å². The van der Waals surface area contributed by atoms with Gasteiger partial charge in [-0.1, -0.05) is 166 Å². The summed E-state index contributed by atoms with van der Waals surface area (Å²) in [5, 5.41) is 2.50. The predicted molar refractivity (Wildman–Crippen MR) is 249 cm³/mol. The van der Waals surface area contributed by atoms with Crippen LogP contribution in [0.3, 0.4) is 0 Å². The third kappa shape index (κ3) is 4.33. The van der Waals surface area contributed by atoms with Crippen molar-refractivity contribution >= 4 is 38.9 Å². The maximum absolute atomic E-state index is 2.54. The van der Waals surface area contributed by atoms with Gasteiger partial charge in [0, 0.05) is 50.8 Å². The van der Waals surface area contributed by atoms with Gasteiger partial charge in [0.15, 0.2) is 0 Å². The number of anilines is 3. The first kappa shape index (κ1) is 33.8. The Bertz CT molecular complexity index is 3320. The van der Waals surface area contributed by atoms with Crippen LogP contribution >= 0.6 is 0 Å². The molecule has 1 heterocycles. The van der Waals surface area contributed by atoms with Crippen LogP contribution in [-0.4, -0.2) is 4.57 Å². The molecule has 60 heavy (non-hydrogen) atoms. The van der Waals surface area contributed by atoms with Crippen molar-refractivity contribution in [2.75, 3.05) is 4.90 Å². The molecule has 0 fully saturated rings. The molecule has 0 N–H and O–H groups in total. The molecule has 9 aromatic rings. The number of rotatable bonds is 4. The highest BCUT2D eigenvalue weighted by atomic mass is 15.1. The summed E-state index contributed by atoms with van der Waals surface area (Å²) in [7, 11) is 0. The lowest BCUT2D eigenvalue weighted by Gasteiger charge is -2.37. The van der Waals surface area contributed by atoms with E-state index in [9.17, 15) is 0 Å². The van der Waals surface area contributed by atoms with Crippen molar-refractivity contribution in [2.45, 2.75) is 30.6 Å².